The van der Waals surface area contributed by atoms with Crippen molar-refractivity contribution >= 4 is 23.2 Å². The van der Waals surface area contributed by atoms with Crippen LogP contribution in [-0.4, -0.2) is 30.3 Å². The van der Waals surface area contributed by atoms with Gasteiger partial charge in [-0.3, -0.25) is 9.59 Å². The molecule has 5 nitrogen and oxygen atoms in total. The highest BCUT2D eigenvalue weighted by Gasteiger charge is 2.17. The Morgan fingerprint density at radius 1 is 1.04 bits per heavy atom. The van der Waals surface area contributed by atoms with Gasteiger partial charge < -0.3 is 16.0 Å². The summed E-state index contributed by atoms with van der Waals surface area (Å²) in [5.74, 6) is -0.457. The van der Waals surface area contributed by atoms with Crippen LogP contribution in [0.15, 0.2) is 36.4 Å². The van der Waals surface area contributed by atoms with Crippen molar-refractivity contribution in [1.82, 2.24) is 4.90 Å². The van der Waals surface area contributed by atoms with E-state index in [1.807, 2.05) is 39.0 Å². The number of rotatable bonds is 4. The van der Waals surface area contributed by atoms with E-state index in [2.05, 4.69) is 5.32 Å². The topological polar surface area (TPSA) is 75.4 Å². The van der Waals surface area contributed by atoms with Crippen molar-refractivity contribution in [2.45, 2.75) is 20.8 Å². The number of para-hydroxylation sites is 1. The molecule has 0 aromatic heterocycles. The molecule has 0 atom stereocenters. The molecule has 0 spiro atoms. The van der Waals surface area contributed by atoms with Gasteiger partial charge in [0.1, 0.15) is 0 Å². The third-order valence-electron chi connectivity index (χ3n) is 3.97. The van der Waals surface area contributed by atoms with Crippen molar-refractivity contribution in [3.8, 4) is 0 Å². The van der Waals surface area contributed by atoms with Gasteiger partial charge in [-0.2, -0.15) is 0 Å². The summed E-state index contributed by atoms with van der Waals surface area (Å²) in [6, 6.07) is 11.0. The number of nitrogens with two attached hydrogens (primary N) is 1. The van der Waals surface area contributed by atoms with Crippen LogP contribution < -0.4 is 11.1 Å². The zero-order chi connectivity index (χ0) is 17.9. The fourth-order valence-corrected chi connectivity index (χ4v) is 2.55. The van der Waals surface area contributed by atoms with Crippen LogP contribution in [0.1, 0.15) is 27.0 Å². The Morgan fingerprint density at radius 2 is 1.67 bits per heavy atom. The van der Waals surface area contributed by atoms with Gasteiger partial charge in [0, 0.05) is 24.0 Å². The normalized spacial score (nSPS) is 10.3. The molecule has 0 saturated heterocycles. The van der Waals surface area contributed by atoms with E-state index in [4.69, 9.17) is 5.73 Å². The van der Waals surface area contributed by atoms with Crippen molar-refractivity contribution in [2.24, 2.45) is 0 Å². The number of hydrogen-bond acceptors (Lipinski definition) is 3. The number of nitrogens with one attached hydrogen (secondary N) is 1. The molecule has 0 saturated carbocycles. The van der Waals surface area contributed by atoms with Crippen LogP contribution in [0.5, 0.6) is 0 Å². The van der Waals surface area contributed by atoms with Crippen molar-refractivity contribution < 1.29 is 9.59 Å². The maximum Gasteiger partial charge on any atom is 0.254 e. The Balaban J connectivity index is 2.08. The van der Waals surface area contributed by atoms with E-state index in [1.165, 1.54) is 4.90 Å². The zero-order valence-corrected chi connectivity index (χ0v) is 14.5. The third-order valence-corrected chi connectivity index (χ3v) is 3.97. The van der Waals surface area contributed by atoms with E-state index >= 15 is 0 Å². The number of benzene rings is 2. The molecule has 24 heavy (non-hydrogen) atoms. The number of aryl methyl sites for hydroxylation is 3. The van der Waals surface area contributed by atoms with Crippen LogP contribution in [0.4, 0.5) is 11.4 Å². The average Bonchev–Trinajstić information content (AvgIpc) is 2.52. The summed E-state index contributed by atoms with van der Waals surface area (Å²) in [4.78, 5) is 26.2. The van der Waals surface area contributed by atoms with Crippen molar-refractivity contribution in [3.63, 3.8) is 0 Å². The van der Waals surface area contributed by atoms with E-state index < -0.39 is 0 Å². The minimum atomic E-state index is -0.232. The highest BCUT2D eigenvalue weighted by Crippen LogP contribution is 2.19. The molecule has 0 radical (unpaired) electrons. The van der Waals surface area contributed by atoms with Gasteiger partial charge in [-0.15, -0.1) is 0 Å². The van der Waals surface area contributed by atoms with Crippen molar-refractivity contribution in [1.29, 1.82) is 0 Å². The number of amides is 2. The molecule has 2 amide bonds. The van der Waals surface area contributed by atoms with Gasteiger partial charge in [0.2, 0.25) is 5.91 Å². The Bertz CT molecular complexity index is 764. The van der Waals surface area contributed by atoms with E-state index in [9.17, 15) is 9.59 Å². The smallest absolute Gasteiger partial charge is 0.254 e. The number of carbonyl (C=O) groups is 2. The molecule has 0 bridgehead atoms. The number of nitrogens with zero attached hydrogens (tertiary/aromatic N) is 1. The first-order valence-corrected chi connectivity index (χ1v) is 7.77. The molecule has 0 aliphatic carbocycles. The average molecular weight is 325 g/mol. The first kappa shape index (κ1) is 17.5. The highest BCUT2D eigenvalue weighted by molar-refractivity contribution is 6.00. The molecule has 0 heterocycles. The molecular weight excluding hydrogens is 302 g/mol. The Labute approximate surface area is 142 Å². The second-order valence-electron chi connectivity index (χ2n) is 6.05. The van der Waals surface area contributed by atoms with E-state index in [-0.39, 0.29) is 18.4 Å². The van der Waals surface area contributed by atoms with Gasteiger partial charge in [-0.1, -0.05) is 24.3 Å². The number of hydrogen-bond donors (Lipinski definition) is 2. The van der Waals surface area contributed by atoms with Gasteiger partial charge in [0.15, 0.2) is 0 Å². The second-order valence-corrected chi connectivity index (χ2v) is 6.05. The van der Waals surface area contributed by atoms with Crippen LogP contribution >= 0.6 is 0 Å². The summed E-state index contributed by atoms with van der Waals surface area (Å²) in [7, 11) is 1.61. The fraction of sp³-hybridized carbons (Fsp3) is 0.263. The summed E-state index contributed by atoms with van der Waals surface area (Å²) in [5, 5.41) is 2.88. The fourth-order valence-electron chi connectivity index (χ4n) is 2.55. The molecule has 126 valence electrons. The molecule has 0 aliphatic heterocycles. The van der Waals surface area contributed by atoms with Gasteiger partial charge in [0.05, 0.1) is 6.54 Å². The monoisotopic (exact) mass is 325 g/mol. The Morgan fingerprint density at radius 3 is 2.29 bits per heavy atom. The summed E-state index contributed by atoms with van der Waals surface area (Å²) >= 11 is 0. The van der Waals surface area contributed by atoms with E-state index in [0.717, 1.165) is 22.4 Å². The van der Waals surface area contributed by atoms with Crippen molar-refractivity contribution in [2.75, 3.05) is 24.6 Å². The highest BCUT2D eigenvalue weighted by atomic mass is 16.2. The zero-order valence-electron chi connectivity index (χ0n) is 14.5. The van der Waals surface area contributed by atoms with Crippen LogP contribution in [-0.2, 0) is 4.79 Å². The molecule has 0 aliphatic rings. The van der Waals surface area contributed by atoms with Crippen LogP contribution in [0.25, 0.3) is 0 Å². The molecule has 0 unspecified atom stereocenters. The largest absolute Gasteiger partial charge is 0.399 e. The minimum Gasteiger partial charge on any atom is -0.399 e. The number of likely N-dealkylation sites (N-methyl/N-ethyl adjacent to an activating group) is 1. The minimum absolute atomic E-state index is 0.0269. The lowest BCUT2D eigenvalue weighted by Crippen LogP contribution is -2.35. The quantitative estimate of drug-likeness (QED) is 0.849. The maximum absolute atomic E-state index is 12.5. The van der Waals surface area contributed by atoms with Gasteiger partial charge in [-0.25, -0.2) is 0 Å². The van der Waals surface area contributed by atoms with Crippen LogP contribution in [0, 0.1) is 20.8 Å². The van der Waals surface area contributed by atoms with Crippen LogP contribution in [0.3, 0.4) is 0 Å². The molecule has 2 aromatic carbocycles. The molecule has 2 rings (SSSR count). The SMILES string of the molecule is Cc1ccc(N)cc1C(=O)N(C)CC(=O)Nc1c(C)cccc1C. The summed E-state index contributed by atoms with van der Waals surface area (Å²) < 4.78 is 0. The third kappa shape index (κ3) is 3.93. The lowest BCUT2D eigenvalue weighted by molar-refractivity contribution is -0.116. The predicted octanol–water partition coefficient (Wildman–Crippen LogP) is 2.90. The Hall–Kier alpha value is -2.82. The predicted molar refractivity (Wildman–Crippen MR) is 97.1 cm³/mol. The van der Waals surface area contributed by atoms with Crippen molar-refractivity contribution in [3.05, 3.63) is 58.7 Å². The number of nitrogen functional groups attached to an aromatic ring is 1. The van der Waals surface area contributed by atoms with Gasteiger partial charge in [0.25, 0.3) is 5.91 Å². The van der Waals surface area contributed by atoms with Gasteiger partial charge >= 0.3 is 0 Å². The standard InChI is InChI=1S/C19H23N3O2/c1-12-8-9-15(20)10-16(12)19(24)22(4)11-17(23)21-18-13(2)6-5-7-14(18)3/h5-10H,11,20H2,1-4H3,(H,21,23). The van der Waals surface area contributed by atoms with Gasteiger partial charge in [-0.05, 0) is 49.6 Å². The lowest BCUT2D eigenvalue weighted by Gasteiger charge is -2.19. The van der Waals surface area contributed by atoms with E-state index in [1.54, 1.807) is 25.2 Å². The summed E-state index contributed by atoms with van der Waals surface area (Å²) in [6.07, 6.45) is 0. The lowest BCUT2D eigenvalue weighted by atomic mass is 10.1. The first-order valence-electron chi connectivity index (χ1n) is 7.77. The van der Waals surface area contributed by atoms with Crippen LogP contribution in [0.2, 0.25) is 0 Å². The molecule has 3 N–H and O–H groups in total. The maximum atomic E-state index is 12.5. The molecule has 0 fully saturated rings. The Kier molecular flexibility index (Phi) is 5.24. The molecular formula is C19H23N3O2. The molecule has 5 heteroatoms. The summed E-state index contributed by atoms with van der Waals surface area (Å²) in [5.41, 5.74) is 10.4. The summed E-state index contributed by atoms with van der Waals surface area (Å²) in [6.45, 7) is 5.69. The molecule has 2 aromatic rings. The first-order chi connectivity index (χ1) is 11.3. The number of anilines is 2. The second kappa shape index (κ2) is 7.17. The number of carbonyl (C=O) groups excluding carboxylic acids is 2. The van der Waals surface area contributed by atoms with E-state index in [0.29, 0.717) is 11.3 Å².